The zero-order valence-corrected chi connectivity index (χ0v) is 18.2. The van der Waals surface area contributed by atoms with Crippen LogP contribution in [0.5, 0.6) is 11.5 Å². The summed E-state index contributed by atoms with van der Waals surface area (Å²) < 4.78 is 21.6. The van der Waals surface area contributed by atoms with E-state index in [-0.39, 0.29) is 13.2 Å². The molecule has 0 unspecified atom stereocenters. The molecule has 0 aliphatic heterocycles. The van der Waals surface area contributed by atoms with Gasteiger partial charge in [0.05, 0.1) is 13.2 Å². The minimum atomic E-state index is -0.762. The number of aryl methyl sites for hydroxylation is 1. The van der Waals surface area contributed by atoms with E-state index in [4.69, 9.17) is 18.9 Å². The van der Waals surface area contributed by atoms with Crippen molar-refractivity contribution in [1.82, 2.24) is 0 Å². The van der Waals surface area contributed by atoms with Crippen LogP contribution in [0.25, 0.3) is 21.5 Å². The highest BCUT2D eigenvalue weighted by Gasteiger charge is 2.21. The van der Waals surface area contributed by atoms with Crippen LogP contribution in [0, 0.1) is 0 Å². The standard InChI is InChI=1S/C25H28O6/c1-4-9-17-12-13-20-21(16-17)23(31-25(27)29-15-6-3)19-11-8-7-10-18(19)22(20)30-24(26)28-14-5-2/h7-8,10-13,16H,4-6,9,14-15H2,1-3H3. The zero-order chi connectivity index (χ0) is 22.2. The molecule has 31 heavy (non-hydrogen) atoms. The van der Waals surface area contributed by atoms with E-state index < -0.39 is 12.3 Å². The molecule has 0 saturated carbocycles. The Bertz CT molecular complexity index is 1070. The Labute approximate surface area is 182 Å². The Kier molecular flexibility index (Phi) is 7.70. The van der Waals surface area contributed by atoms with Gasteiger partial charge in [-0.2, -0.15) is 0 Å². The minimum absolute atomic E-state index is 0.278. The third-order valence-electron chi connectivity index (χ3n) is 4.75. The summed E-state index contributed by atoms with van der Waals surface area (Å²) in [6.07, 6.45) is 1.72. The Balaban J connectivity index is 2.20. The molecule has 3 rings (SSSR count). The number of rotatable bonds is 8. The molecule has 164 valence electrons. The first-order valence-corrected chi connectivity index (χ1v) is 10.8. The van der Waals surface area contributed by atoms with Crippen molar-refractivity contribution >= 4 is 33.9 Å². The lowest BCUT2D eigenvalue weighted by atomic mass is 9.97. The van der Waals surface area contributed by atoms with Crippen LogP contribution in [-0.4, -0.2) is 25.5 Å². The van der Waals surface area contributed by atoms with Gasteiger partial charge >= 0.3 is 12.3 Å². The number of hydrogen-bond donors (Lipinski definition) is 0. The summed E-state index contributed by atoms with van der Waals surface area (Å²) in [6.45, 7) is 6.48. The van der Waals surface area contributed by atoms with Crippen molar-refractivity contribution in [2.75, 3.05) is 13.2 Å². The van der Waals surface area contributed by atoms with E-state index in [1.54, 1.807) is 0 Å². The molecule has 0 aliphatic rings. The molecule has 0 N–H and O–H groups in total. The van der Waals surface area contributed by atoms with Gasteiger partial charge in [0.15, 0.2) is 0 Å². The molecule has 0 heterocycles. The lowest BCUT2D eigenvalue weighted by molar-refractivity contribution is 0.0984. The number of benzene rings is 3. The molecule has 0 radical (unpaired) electrons. The Morgan fingerprint density at radius 1 is 0.677 bits per heavy atom. The first-order valence-electron chi connectivity index (χ1n) is 10.8. The number of fused-ring (bicyclic) bond motifs is 2. The molecule has 3 aromatic rings. The van der Waals surface area contributed by atoms with Gasteiger partial charge in [0.25, 0.3) is 0 Å². The van der Waals surface area contributed by atoms with E-state index in [1.807, 2.05) is 56.3 Å². The average Bonchev–Trinajstić information content (AvgIpc) is 2.78. The van der Waals surface area contributed by atoms with Crippen molar-refractivity contribution in [3.8, 4) is 11.5 Å². The Hall–Kier alpha value is -3.28. The third kappa shape index (κ3) is 5.26. The van der Waals surface area contributed by atoms with Crippen LogP contribution in [0.1, 0.15) is 45.6 Å². The summed E-state index contributed by atoms with van der Waals surface area (Å²) in [7, 11) is 0. The second kappa shape index (κ2) is 10.7. The van der Waals surface area contributed by atoms with Crippen LogP contribution in [-0.2, 0) is 15.9 Å². The van der Waals surface area contributed by atoms with Crippen LogP contribution in [0.3, 0.4) is 0 Å². The van der Waals surface area contributed by atoms with Crippen molar-refractivity contribution in [3.05, 3.63) is 48.0 Å². The number of carbonyl (C=O) groups is 2. The van der Waals surface area contributed by atoms with Crippen molar-refractivity contribution in [2.45, 2.75) is 46.5 Å². The quantitative estimate of drug-likeness (QED) is 0.225. The molecule has 0 saturated heterocycles. The van der Waals surface area contributed by atoms with Crippen LogP contribution in [0.4, 0.5) is 9.59 Å². The van der Waals surface area contributed by atoms with Gasteiger partial charge in [0, 0.05) is 21.5 Å². The molecule has 6 heteroatoms. The molecule has 6 nitrogen and oxygen atoms in total. The predicted octanol–water partition coefficient (Wildman–Crippen LogP) is 6.80. The normalized spacial score (nSPS) is 10.8. The maximum atomic E-state index is 12.3. The summed E-state index contributed by atoms with van der Waals surface area (Å²) >= 11 is 0. The van der Waals surface area contributed by atoms with Crippen LogP contribution in [0.2, 0.25) is 0 Å². The fourth-order valence-electron chi connectivity index (χ4n) is 3.41. The van der Waals surface area contributed by atoms with Gasteiger partial charge in [-0.25, -0.2) is 9.59 Å². The van der Waals surface area contributed by atoms with Crippen LogP contribution < -0.4 is 9.47 Å². The second-order valence-electron chi connectivity index (χ2n) is 7.23. The minimum Gasteiger partial charge on any atom is -0.434 e. The van der Waals surface area contributed by atoms with Gasteiger partial charge in [0.2, 0.25) is 0 Å². The number of carbonyl (C=O) groups excluding carboxylic acids is 2. The molecule has 0 aromatic heterocycles. The predicted molar refractivity (Wildman–Crippen MR) is 120 cm³/mol. The molecule has 0 fully saturated rings. The van der Waals surface area contributed by atoms with E-state index in [0.29, 0.717) is 45.9 Å². The van der Waals surface area contributed by atoms with Gasteiger partial charge < -0.3 is 18.9 Å². The summed E-state index contributed by atoms with van der Waals surface area (Å²) in [6, 6.07) is 13.2. The lowest BCUT2D eigenvalue weighted by Gasteiger charge is -2.17. The third-order valence-corrected chi connectivity index (χ3v) is 4.75. The maximum absolute atomic E-state index is 12.3. The zero-order valence-electron chi connectivity index (χ0n) is 18.2. The highest BCUT2D eigenvalue weighted by Crippen LogP contribution is 2.43. The summed E-state index contributed by atoms with van der Waals surface area (Å²) in [5.41, 5.74) is 1.09. The smallest absolute Gasteiger partial charge is 0.434 e. The molecule has 0 aliphatic carbocycles. The van der Waals surface area contributed by atoms with Crippen LogP contribution in [0.15, 0.2) is 42.5 Å². The SMILES string of the molecule is CCCOC(=O)Oc1c2ccccc2c(OC(=O)OCCC)c2cc(CCC)ccc12. The molecule has 0 amide bonds. The van der Waals surface area contributed by atoms with E-state index in [2.05, 4.69) is 6.92 Å². The number of ether oxygens (including phenoxy) is 4. The van der Waals surface area contributed by atoms with E-state index in [0.717, 1.165) is 18.4 Å². The van der Waals surface area contributed by atoms with Gasteiger partial charge in [-0.3, -0.25) is 0 Å². The van der Waals surface area contributed by atoms with Gasteiger partial charge in [-0.1, -0.05) is 63.6 Å². The summed E-state index contributed by atoms with van der Waals surface area (Å²) in [5.74, 6) is 0.767. The largest absolute Gasteiger partial charge is 0.513 e. The lowest BCUT2D eigenvalue weighted by Crippen LogP contribution is -2.13. The molecule has 0 spiro atoms. The highest BCUT2D eigenvalue weighted by atomic mass is 16.7. The van der Waals surface area contributed by atoms with Gasteiger partial charge in [0.1, 0.15) is 11.5 Å². The van der Waals surface area contributed by atoms with Gasteiger partial charge in [-0.15, -0.1) is 0 Å². The topological polar surface area (TPSA) is 71.1 Å². The van der Waals surface area contributed by atoms with E-state index in [1.165, 1.54) is 0 Å². The Morgan fingerprint density at radius 2 is 1.19 bits per heavy atom. The molecular weight excluding hydrogens is 396 g/mol. The van der Waals surface area contributed by atoms with Crippen molar-refractivity contribution in [1.29, 1.82) is 0 Å². The number of hydrogen-bond acceptors (Lipinski definition) is 6. The second-order valence-corrected chi connectivity index (χ2v) is 7.23. The average molecular weight is 424 g/mol. The first-order chi connectivity index (χ1) is 15.1. The fraction of sp³-hybridized carbons (Fsp3) is 0.360. The summed E-state index contributed by atoms with van der Waals surface area (Å²) in [4.78, 5) is 24.6. The summed E-state index contributed by atoms with van der Waals surface area (Å²) in [5, 5.41) is 2.63. The van der Waals surface area contributed by atoms with Gasteiger partial charge in [-0.05, 0) is 30.9 Å². The molecular formula is C25H28O6. The fourth-order valence-corrected chi connectivity index (χ4v) is 3.41. The van der Waals surface area contributed by atoms with E-state index >= 15 is 0 Å². The van der Waals surface area contributed by atoms with Crippen molar-refractivity contribution in [3.63, 3.8) is 0 Å². The van der Waals surface area contributed by atoms with E-state index in [9.17, 15) is 9.59 Å². The molecule has 3 aromatic carbocycles. The molecule has 0 atom stereocenters. The first kappa shape index (κ1) is 22.4. The monoisotopic (exact) mass is 424 g/mol. The van der Waals surface area contributed by atoms with Crippen LogP contribution >= 0.6 is 0 Å². The van der Waals surface area contributed by atoms with Crippen molar-refractivity contribution in [2.24, 2.45) is 0 Å². The maximum Gasteiger partial charge on any atom is 0.513 e. The Morgan fingerprint density at radius 3 is 1.71 bits per heavy atom. The van der Waals surface area contributed by atoms with Crippen molar-refractivity contribution < 1.29 is 28.5 Å². The highest BCUT2D eigenvalue weighted by molar-refractivity contribution is 6.12. The molecule has 0 bridgehead atoms.